The van der Waals surface area contributed by atoms with Crippen molar-refractivity contribution in [2.45, 2.75) is 37.8 Å². The molecular weight excluding hydrogens is 592 g/mol. The molecule has 5 rings (SSSR count). The van der Waals surface area contributed by atoms with Gasteiger partial charge in [0.15, 0.2) is 5.75 Å². The molecule has 3 amide bonds. The van der Waals surface area contributed by atoms with Crippen molar-refractivity contribution in [2.75, 3.05) is 36.8 Å². The molecule has 1 aliphatic heterocycles. The molecule has 0 unspecified atom stereocenters. The summed E-state index contributed by atoms with van der Waals surface area (Å²) in [5.41, 5.74) is 1.83. The average Bonchev–Trinajstić information content (AvgIpc) is 3.02. The van der Waals surface area contributed by atoms with Gasteiger partial charge in [-0.3, -0.25) is 9.52 Å². The highest BCUT2D eigenvalue weighted by Crippen LogP contribution is 2.36. The molecule has 0 saturated carbocycles. The molecule has 4 aromatic carbocycles. The zero-order valence-electron chi connectivity index (χ0n) is 25.7. The number of para-hydroxylation sites is 1. The number of benzene rings is 4. The Bertz CT molecular complexity index is 1810. The van der Waals surface area contributed by atoms with Crippen LogP contribution in [0.3, 0.4) is 0 Å². The maximum atomic E-state index is 13.8. The van der Waals surface area contributed by atoms with Crippen molar-refractivity contribution in [1.29, 1.82) is 0 Å². The maximum absolute atomic E-state index is 13.8. The van der Waals surface area contributed by atoms with Crippen LogP contribution in [0.1, 0.15) is 29.8 Å². The summed E-state index contributed by atoms with van der Waals surface area (Å²) in [7, 11) is -2.37. The van der Waals surface area contributed by atoms with Gasteiger partial charge in [0.25, 0.3) is 15.9 Å². The Balaban J connectivity index is 1.47. The summed E-state index contributed by atoms with van der Waals surface area (Å²) in [4.78, 5) is 30.3. The number of sulfonamides is 1. The van der Waals surface area contributed by atoms with E-state index >= 15 is 0 Å². The second kappa shape index (κ2) is 13.2. The van der Waals surface area contributed by atoms with Crippen molar-refractivity contribution in [1.82, 2.24) is 9.80 Å². The summed E-state index contributed by atoms with van der Waals surface area (Å²) in [6.07, 6.45) is -0.640. The number of carbonyl (C=O) groups is 2. The molecule has 10 nitrogen and oxygen atoms in total. The van der Waals surface area contributed by atoms with Gasteiger partial charge in [-0.1, -0.05) is 67.1 Å². The number of anilines is 2. The number of hydrogen-bond acceptors (Lipinski definition) is 6. The fraction of sp³-hybridized carbons (Fsp3) is 0.294. The zero-order chi connectivity index (χ0) is 32.3. The second-order valence-corrected chi connectivity index (χ2v) is 13.2. The third kappa shape index (κ3) is 6.89. The van der Waals surface area contributed by atoms with Gasteiger partial charge in [0, 0.05) is 24.9 Å². The first kappa shape index (κ1) is 31.8. The summed E-state index contributed by atoms with van der Waals surface area (Å²) in [5, 5.41) is 14.9. The molecule has 0 fully saturated rings. The van der Waals surface area contributed by atoms with Crippen molar-refractivity contribution < 1.29 is 27.9 Å². The van der Waals surface area contributed by atoms with Gasteiger partial charge in [-0.25, -0.2) is 13.2 Å². The highest BCUT2D eigenvalue weighted by Gasteiger charge is 2.35. The summed E-state index contributed by atoms with van der Waals surface area (Å²) in [6.45, 7) is 5.63. The molecule has 11 heteroatoms. The van der Waals surface area contributed by atoms with Gasteiger partial charge in [0.05, 0.1) is 41.0 Å². The minimum atomic E-state index is -4.03. The number of carbonyl (C=O) groups excluding carboxylic acids is 2. The Morgan fingerprint density at radius 3 is 2.42 bits per heavy atom. The number of likely N-dealkylation sites (N-methyl/N-ethyl adjacent to an activating group) is 1. The number of aliphatic hydroxyl groups excluding tert-OH is 1. The average molecular weight is 631 g/mol. The van der Waals surface area contributed by atoms with E-state index in [4.69, 9.17) is 4.74 Å². The number of hydrogen-bond donors (Lipinski definition) is 3. The van der Waals surface area contributed by atoms with Crippen LogP contribution in [0, 0.1) is 12.8 Å². The first-order valence-corrected chi connectivity index (χ1v) is 16.3. The molecule has 4 aromatic rings. The Morgan fingerprint density at radius 2 is 1.69 bits per heavy atom. The van der Waals surface area contributed by atoms with Gasteiger partial charge >= 0.3 is 6.03 Å². The van der Waals surface area contributed by atoms with Crippen LogP contribution in [0.25, 0.3) is 10.8 Å². The molecule has 3 N–H and O–H groups in total. The van der Waals surface area contributed by atoms with E-state index < -0.39 is 28.1 Å². The number of nitrogens with one attached hydrogen (secondary N) is 2. The van der Waals surface area contributed by atoms with E-state index in [2.05, 4.69) is 10.0 Å². The van der Waals surface area contributed by atoms with Crippen LogP contribution in [0.2, 0.25) is 0 Å². The van der Waals surface area contributed by atoms with E-state index in [9.17, 15) is 23.1 Å². The Morgan fingerprint density at radius 1 is 1.02 bits per heavy atom. The smallest absolute Gasteiger partial charge is 0.321 e. The molecule has 1 aliphatic rings. The van der Waals surface area contributed by atoms with Crippen molar-refractivity contribution in [2.24, 2.45) is 5.92 Å². The van der Waals surface area contributed by atoms with E-state index in [0.29, 0.717) is 5.69 Å². The van der Waals surface area contributed by atoms with Crippen LogP contribution in [-0.4, -0.2) is 74.2 Å². The second-order valence-electron chi connectivity index (χ2n) is 11.6. The van der Waals surface area contributed by atoms with E-state index in [0.717, 1.165) is 16.3 Å². The molecule has 45 heavy (non-hydrogen) atoms. The van der Waals surface area contributed by atoms with E-state index in [1.54, 1.807) is 43.1 Å². The molecule has 0 aliphatic carbocycles. The molecule has 0 radical (unpaired) electrons. The quantitative estimate of drug-likeness (QED) is 0.241. The molecule has 236 valence electrons. The summed E-state index contributed by atoms with van der Waals surface area (Å²) in [5.74, 6) is -0.631. The van der Waals surface area contributed by atoms with Gasteiger partial charge in [-0.2, -0.15) is 0 Å². The van der Waals surface area contributed by atoms with Crippen molar-refractivity contribution >= 4 is 44.1 Å². The number of aryl methyl sites for hydroxylation is 1. The van der Waals surface area contributed by atoms with Gasteiger partial charge < -0.3 is 25.0 Å². The Kier molecular flexibility index (Phi) is 9.31. The lowest BCUT2D eigenvalue weighted by Gasteiger charge is -2.38. The fourth-order valence-corrected chi connectivity index (χ4v) is 6.42. The monoisotopic (exact) mass is 630 g/mol. The highest BCUT2D eigenvalue weighted by molar-refractivity contribution is 7.92. The third-order valence-electron chi connectivity index (χ3n) is 8.10. The number of amides is 3. The molecule has 0 bridgehead atoms. The van der Waals surface area contributed by atoms with Gasteiger partial charge in [0.2, 0.25) is 0 Å². The molecule has 0 aromatic heterocycles. The Hall–Kier alpha value is -4.61. The molecule has 3 atom stereocenters. The minimum absolute atomic E-state index is 0.0627. The van der Waals surface area contributed by atoms with Crippen molar-refractivity contribution in [3.63, 3.8) is 0 Å². The van der Waals surface area contributed by atoms with E-state index in [1.165, 1.54) is 23.1 Å². The summed E-state index contributed by atoms with van der Waals surface area (Å²) in [6, 6.07) is 23.7. The lowest BCUT2D eigenvalue weighted by atomic mass is 9.99. The number of nitrogens with zero attached hydrogens (tertiary/aromatic N) is 2. The standard InChI is InChI=1S/C34H38N4O6S/c1-22-15-17-26(18-16-22)45(42,43)36-30-14-8-12-28-32(30)44-31(23(2)19-38(33(28)40)24(3)21-39)20-37(4)34(41)35-29-13-7-10-25-9-5-6-11-27(25)29/h5-18,23-24,31,36,39H,19-21H2,1-4H3,(H,35,41)/t23-,24-,31-/m0/s1. The minimum Gasteiger partial charge on any atom is -0.485 e. The lowest BCUT2D eigenvalue weighted by molar-refractivity contribution is 0.0373. The fourth-order valence-electron chi connectivity index (χ4n) is 5.36. The Labute approximate surface area is 263 Å². The molecule has 0 spiro atoms. The van der Waals surface area contributed by atoms with Crippen LogP contribution in [0.5, 0.6) is 5.75 Å². The van der Waals surface area contributed by atoms with Crippen molar-refractivity contribution in [3.05, 3.63) is 96.1 Å². The lowest BCUT2D eigenvalue weighted by Crippen LogP contribution is -2.50. The van der Waals surface area contributed by atoms with E-state index in [-0.39, 0.29) is 53.5 Å². The third-order valence-corrected chi connectivity index (χ3v) is 9.48. The van der Waals surface area contributed by atoms with Gasteiger partial charge in [-0.05, 0) is 49.6 Å². The number of rotatable bonds is 8. The van der Waals surface area contributed by atoms with Crippen LogP contribution >= 0.6 is 0 Å². The molecular formula is C34H38N4O6S. The van der Waals surface area contributed by atoms with Gasteiger partial charge in [-0.15, -0.1) is 0 Å². The first-order valence-electron chi connectivity index (χ1n) is 14.8. The zero-order valence-corrected chi connectivity index (χ0v) is 26.5. The van der Waals surface area contributed by atoms with Crippen LogP contribution in [-0.2, 0) is 10.0 Å². The maximum Gasteiger partial charge on any atom is 0.321 e. The molecule has 1 heterocycles. The van der Waals surface area contributed by atoms with Gasteiger partial charge in [0.1, 0.15) is 6.10 Å². The van der Waals surface area contributed by atoms with Crippen molar-refractivity contribution in [3.8, 4) is 5.75 Å². The van der Waals surface area contributed by atoms with Crippen LogP contribution in [0.15, 0.2) is 89.8 Å². The number of fused-ring (bicyclic) bond motifs is 2. The van der Waals surface area contributed by atoms with Crippen LogP contribution in [0.4, 0.5) is 16.2 Å². The van der Waals surface area contributed by atoms with Crippen LogP contribution < -0.4 is 14.8 Å². The largest absolute Gasteiger partial charge is 0.485 e. The number of urea groups is 1. The first-order chi connectivity index (χ1) is 21.5. The number of aliphatic hydroxyl groups is 1. The van der Waals surface area contributed by atoms with E-state index in [1.807, 2.05) is 56.3 Å². The molecule has 0 saturated heterocycles. The topological polar surface area (TPSA) is 128 Å². The number of ether oxygens (including phenoxy) is 1. The summed E-state index contributed by atoms with van der Waals surface area (Å²) >= 11 is 0. The summed E-state index contributed by atoms with van der Waals surface area (Å²) < 4.78 is 35.9. The normalized spacial score (nSPS) is 17.4. The predicted octanol–water partition coefficient (Wildman–Crippen LogP) is 5.33. The highest BCUT2D eigenvalue weighted by atomic mass is 32.2. The predicted molar refractivity (Wildman–Crippen MR) is 175 cm³/mol. The SMILES string of the molecule is Cc1ccc(S(=O)(=O)Nc2cccc3c2O[C@@H](CN(C)C(=O)Nc2cccc4ccccc24)[C@@H](C)CN([C@@H](C)CO)C3=O)cc1.